The van der Waals surface area contributed by atoms with E-state index >= 15 is 0 Å². The third-order valence-corrected chi connectivity index (χ3v) is 4.51. The first kappa shape index (κ1) is 17.4. The lowest BCUT2D eigenvalue weighted by molar-refractivity contribution is 0.460. The zero-order valence-corrected chi connectivity index (χ0v) is 15.1. The van der Waals surface area contributed by atoms with Gasteiger partial charge in [-0.3, -0.25) is 0 Å². The molecule has 0 spiro atoms. The van der Waals surface area contributed by atoms with Crippen molar-refractivity contribution in [1.82, 2.24) is 10.3 Å². The highest BCUT2D eigenvalue weighted by atomic mass is 35.5. The van der Waals surface area contributed by atoms with Gasteiger partial charge in [-0.25, -0.2) is 13.4 Å². The second-order valence-electron chi connectivity index (χ2n) is 5.45. The molecule has 1 atom stereocenters. The van der Waals surface area contributed by atoms with Crippen molar-refractivity contribution in [1.29, 1.82) is 0 Å². The molecule has 3 rings (SSSR count). The molecule has 0 bridgehead atoms. The van der Waals surface area contributed by atoms with E-state index in [0.29, 0.717) is 11.6 Å². The maximum absolute atomic E-state index is 11.0. The Morgan fingerprint density at radius 1 is 1.20 bits per heavy atom. The monoisotopic (exact) mass is 376 g/mol. The number of rotatable bonds is 3. The van der Waals surface area contributed by atoms with Crippen LogP contribution in [0.1, 0.15) is 17.0 Å². The molecule has 1 N–H and O–H groups in total. The number of benzene rings is 2. The summed E-state index contributed by atoms with van der Waals surface area (Å²) in [7, 11) is -1.29. The van der Waals surface area contributed by atoms with E-state index in [2.05, 4.69) is 14.8 Å². The lowest BCUT2D eigenvalue weighted by Crippen LogP contribution is -2.35. The molecule has 2 aromatic carbocycles. The van der Waals surface area contributed by atoms with Crippen LogP contribution in [0.25, 0.3) is 0 Å². The minimum Gasteiger partial charge on any atom is -0.357 e. The van der Waals surface area contributed by atoms with Crippen molar-refractivity contribution in [2.45, 2.75) is 5.92 Å². The minimum atomic E-state index is -2.91. The van der Waals surface area contributed by atoms with E-state index < -0.39 is 10.9 Å². The van der Waals surface area contributed by atoms with E-state index in [4.69, 9.17) is 11.6 Å². The van der Waals surface area contributed by atoms with Crippen molar-refractivity contribution in [3.8, 4) is 0 Å². The molecule has 8 heteroatoms. The molecule has 0 aromatic heterocycles. The normalized spacial score (nSPS) is 17.7. The van der Waals surface area contributed by atoms with Gasteiger partial charge < -0.3 is 5.32 Å². The van der Waals surface area contributed by atoms with Gasteiger partial charge in [0.2, 0.25) is 16.8 Å². The number of guanidine groups is 1. The molecule has 0 saturated carbocycles. The van der Waals surface area contributed by atoms with Crippen molar-refractivity contribution >= 4 is 34.2 Å². The third kappa shape index (κ3) is 4.00. The lowest BCUT2D eigenvalue weighted by Gasteiger charge is -2.17. The predicted molar refractivity (Wildman–Crippen MR) is 101 cm³/mol. The Morgan fingerprint density at radius 3 is 2.48 bits per heavy atom. The number of hydrazone groups is 1. The Bertz CT molecular complexity index is 871. The van der Waals surface area contributed by atoms with Crippen LogP contribution in [-0.4, -0.2) is 38.7 Å². The second kappa shape index (κ2) is 7.67. The van der Waals surface area contributed by atoms with Crippen molar-refractivity contribution in [2.24, 2.45) is 9.50 Å². The first-order chi connectivity index (χ1) is 12.1. The molecule has 2 aromatic rings. The van der Waals surface area contributed by atoms with Crippen LogP contribution in [0.2, 0.25) is 5.02 Å². The van der Waals surface area contributed by atoms with Crippen molar-refractivity contribution < 1.29 is 8.42 Å². The molecule has 6 nitrogen and oxygen atoms in total. The standard InChI is InChI=1S/C17H17ClN4O2S/c1-19-17(21-25(23)24)22-11-15(12-5-3-2-4-6-12)16(20-22)13-7-9-14(18)10-8-13/h2-10,15,25H,11H2,1H3,(H,19,21,23,24)/t15-/m1/s1. The van der Waals surface area contributed by atoms with Gasteiger partial charge >= 0.3 is 0 Å². The van der Waals surface area contributed by atoms with Gasteiger partial charge in [-0.15, -0.1) is 4.40 Å². The van der Waals surface area contributed by atoms with Crippen LogP contribution in [0.5, 0.6) is 0 Å². The highest BCUT2D eigenvalue weighted by molar-refractivity contribution is 7.71. The SMILES string of the molecule is CN/C(=N\[SH](=O)=O)N1C[C@H](c2ccccc2)C(c2ccc(Cl)cc2)=N1. The molecule has 0 aliphatic carbocycles. The Balaban J connectivity index is 2.04. The van der Waals surface area contributed by atoms with Crippen LogP contribution >= 0.6 is 11.6 Å². The van der Waals surface area contributed by atoms with Gasteiger partial charge in [0.1, 0.15) is 0 Å². The van der Waals surface area contributed by atoms with Gasteiger partial charge in [0.05, 0.1) is 12.3 Å². The average molecular weight is 377 g/mol. The fourth-order valence-corrected chi connectivity index (χ4v) is 3.25. The minimum absolute atomic E-state index is 0.00884. The van der Waals surface area contributed by atoms with Gasteiger partial charge in [-0.05, 0) is 23.3 Å². The largest absolute Gasteiger partial charge is 0.357 e. The average Bonchev–Trinajstić information content (AvgIpc) is 3.06. The van der Waals surface area contributed by atoms with Crippen molar-refractivity contribution in [2.75, 3.05) is 13.6 Å². The second-order valence-corrected chi connectivity index (χ2v) is 6.56. The molecule has 1 aliphatic heterocycles. The molecular weight excluding hydrogens is 360 g/mol. The maximum Gasteiger partial charge on any atom is 0.246 e. The number of hydrogen-bond donors (Lipinski definition) is 2. The van der Waals surface area contributed by atoms with Gasteiger partial charge in [-0.2, -0.15) is 5.10 Å². The van der Waals surface area contributed by atoms with Crippen LogP contribution in [0, 0.1) is 0 Å². The first-order valence-corrected chi connectivity index (χ1v) is 9.17. The summed E-state index contributed by atoms with van der Waals surface area (Å²) in [5.74, 6) is 0.187. The smallest absolute Gasteiger partial charge is 0.246 e. The summed E-state index contributed by atoms with van der Waals surface area (Å²) < 4.78 is 25.6. The Labute approximate surface area is 152 Å². The fraction of sp³-hybridized carbons (Fsp3) is 0.176. The van der Waals surface area contributed by atoms with E-state index in [-0.39, 0.29) is 11.9 Å². The predicted octanol–water partition coefficient (Wildman–Crippen LogP) is 2.25. The van der Waals surface area contributed by atoms with E-state index in [1.165, 1.54) is 0 Å². The van der Waals surface area contributed by atoms with Crippen LogP contribution in [0.4, 0.5) is 0 Å². The van der Waals surface area contributed by atoms with Crippen LogP contribution in [0.3, 0.4) is 0 Å². The molecule has 0 amide bonds. The zero-order chi connectivity index (χ0) is 17.8. The zero-order valence-electron chi connectivity index (χ0n) is 13.5. The topological polar surface area (TPSA) is 74.1 Å². The Hall–Kier alpha value is -2.38. The maximum atomic E-state index is 11.0. The summed E-state index contributed by atoms with van der Waals surface area (Å²) in [6, 6.07) is 17.4. The lowest BCUT2D eigenvalue weighted by atomic mass is 9.91. The van der Waals surface area contributed by atoms with Crippen LogP contribution in [-0.2, 0) is 10.9 Å². The van der Waals surface area contributed by atoms with E-state index in [1.807, 2.05) is 54.6 Å². The molecular formula is C17H17ClN4O2S. The third-order valence-electron chi connectivity index (χ3n) is 3.90. The summed E-state index contributed by atoms with van der Waals surface area (Å²) in [4.78, 5) is 0. The van der Waals surface area contributed by atoms with E-state index in [0.717, 1.165) is 16.8 Å². The molecule has 25 heavy (non-hydrogen) atoms. The summed E-state index contributed by atoms with van der Waals surface area (Å²) >= 11 is 5.98. The van der Waals surface area contributed by atoms with E-state index in [9.17, 15) is 8.42 Å². The van der Waals surface area contributed by atoms with Gasteiger partial charge in [-0.1, -0.05) is 54.1 Å². The summed E-state index contributed by atoms with van der Waals surface area (Å²) in [6.07, 6.45) is 0. The van der Waals surface area contributed by atoms with Gasteiger partial charge in [0.15, 0.2) is 0 Å². The molecule has 1 heterocycles. The van der Waals surface area contributed by atoms with Crippen molar-refractivity contribution in [3.63, 3.8) is 0 Å². The number of thiol groups is 1. The number of hydrogen-bond acceptors (Lipinski definition) is 3. The van der Waals surface area contributed by atoms with Gasteiger partial charge in [0.25, 0.3) is 0 Å². The highest BCUT2D eigenvalue weighted by Crippen LogP contribution is 2.29. The number of nitrogens with zero attached hydrogens (tertiary/aromatic N) is 3. The molecule has 0 saturated heterocycles. The quantitative estimate of drug-likeness (QED) is 0.489. The molecule has 0 radical (unpaired) electrons. The Morgan fingerprint density at radius 2 is 1.88 bits per heavy atom. The number of nitrogens with one attached hydrogen (secondary N) is 1. The summed E-state index contributed by atoms with van der Waals surface area (Å²) in [5.41, 5.74) is 2.87. The summed E-state index contributed by atoms with van der Waals surface area (Å²) in [6.45, 7) is 0.491. The first-order valence-electron chi connectivity index (χ1n) is 7.66. The summed E-state index contributed by atoms with van der Waals surface area (Å²) in [5, 5.41) is 9.63. The van der Waals surface area contributed by atoms with Gasteiger partial charge in [0, 0.05) is 18.0 Å². The fourth-order valence-electron chi connectivity index (χ4n) is 2.77. The Kier molecular flexibility index (Phi) is 5.35. The number of halogens is 1. The van der Waals surface area contributed by atoms with E-state index in [1.54, 1.807) is 12.1 Å². The molecule has 1 aliphatic rings. The molecule has 0 unspecified atom stereocenters. The van der Waals surface area contributed by atoms with Crippen LogP contribution < -0.4 is 5.32 Å². The van der Waals surface area contributed by atoms with Crippen LogP contribution in [0.15, 0.2) is 64.1 Å². The highest BCUT2D eigenvalue weighted by Gasteiger charge is 2.31. The molecule has 0 fully saturated rings. The van der Waals surface area contributed by atoms with Crippen molar-refractivity contribution in [3.05, 3.63) is 70.7 Å². The molecule has 130 valence electrons.